The molecule has 13 heteroatoms. The molecule has 6 rings (SSSR count). The van der Waals surface area contributed by atoms with Crippen LogP contribution in [0.4, 0.5) is 0 Å². The Morgan fingerprint density at radius 2 is 1.59 bits per heavy atom. The van der Waals surface area contributed by atoms with Crippen molar-refractivity contribution in [3.8, 4) is 24.0 Å². The number of para-hydroxylation sites is 2. The Morgan fingerprint density at radius 3 is 2.20 bits per heavy atom. The molecule has 7 unspecified atom stereocenters. The highest BCUT2D eigenvalue weighted by atomic mass is 16.7. The van der Waals surface area contributed by atoms with Crippen LogP contribution in [0.3, 0.4) is 0 Å². The van der Waals surface area contributed by atoms with Crippen molar-refractivity contribution in [3.63, 3.8) is 0 Å². The fourth-order valence-electron chi connectivity index (χ4n) is 7.36. The minimum absolute atomic E-state index is 0.182. The number of hydroxylamine groups is 1. The average Bonchev–Trinajstić information content (AvgIpc) is 3.65. The molecule has 2 aliphatic heterocycles. The molecule has 4 aliphatic rings. The van der Waals surface area contributed by atoms with Gasteiger partial charge < -0.3 is 39.2 Å². The molecule has 7 atom stereocenters. The molecule has 2 saturated heterocycles. The summed E-state index contributed by atoms with van der Waals surface area (Å²) in [6, 6.07) is 18.2. The minimum Gasteiger partial charge on any atom is -0.508 e. The number of amides is 1. The van der Waals surface area contributed by atoms with Crippen LogP contribution in [0.25, 0.3) is 0 Å². The van der Waals surface area contributed by atoms with Gasteiger partial charge >= 0.3 is 11.9 Å². The lowest BCUT2D eigenvalue weighted by Gasteiger charge is -2.55. The molecule has 2 saturated carbocycles. The van der Waals surface area contributed by atoms with E-state index >= 15 is 0 Å². The number of benzene rings is 2. The summed E-state index contributed by atoms with van der Waals surface area (Å²) in [5, 5.41) is 28.4. The Morgan fingerprint density at radius 1 is 0.918 bits per heavy atom. The number of nitrogens with zero attached hydrogens (tertiary/aromatic N) is 1. The number of hydrogen-bond donors (Lipinski definition) is 4. The topological polar surface area (TPSA) is 173 Å². The van der Waals surface area contributed by atoms with Crippen molar-refractivity contribution in [1.82, 2.24) is 10.4 Å². The zero-order valence-electron chi connectivity index (χ0n) is 27.3. The van der Waals surface area contributed by atoms with E-state index in [0.717, 1.165) is 5.75 Å². The second kappa shape index (κ2) is 16.4. The number of terminal acetylenes is 1. The average molecular weight is 681 g/mol. The number of aromatic hydroxyl groups is 1. The summed E-state index contributed by atoms with van der Waals surface area (Å²) in [5.41, 5.74) is 1.24. The van der Waals surface area contributed by atoms with E-state index in [2.05, 4.69) is 11.6 Å². The minimum atomic E-state index is -1.04. The first-order valence-corrected chi connectivity index (χ1v) is 16.6. The lowest BCUT2D eigenvalue weighted by atomic mass is 9.67. The van der Waals surface area contributed by atoms with E-state index in [1.165, 1.54) is 0 Å². The molecule has 2 spiro atoms. The molecule has 0 bridgehead atoms. The first-order chi connectivity index (χ1) is 23.7. The van der Waals surface area contributed by atoms with Crippen LogP contribution in [0.5, 0.6) is 11.5 Å². The van der Waals surface area contributed by atoms with Crippen molar-refractivity contribution in [2.24, 2.45) is 11.8 Å². The van der Waals surface area contributed by atoms with Gasteiger partial charge in [0.1, 0.15) is 42.0 Å². The highest BCUT2D eigenvalue weighted by Gasteiger charge is 2.70. The third-order valence-electron chi connectivity index (χ3n) is 9.96. The number of rotatable bonds is 14. The van der Waals surface area contributed by atoms with Crippen molar-refractivity contribution in [2.75, 3.05) is 33.0 Å². The van der Waals surface area contributed by atoms with E-state index in [1.807, 2.05) is 36.4 Å². The van der Waals surface area contributed by atoms with Crippen LogP contribution >= 0.6 is 0 Å². The lowest BCUT2D eigenvalue weighted by molar-refractivity contribution is -0.266. The Bertz CT molecular complexity index is 1450. The standard InChI is InChI=1S/C30H38N2O10.C6H6O/c1-2-39-21-9-12-30(24(19-21)27(35)36)28(37)32(30)13-15-38-14-10-25-29(31-42-25)11-8-22(18-23(29)26(33)34)41-17-16-40-20-6-4-3-5-7-20;7-6-4-2-1-3-5-6/h1,3-7,21-25,31H,8-19H2,(H,33,34)(H,35,36);1-5,7H. The molecule has 4 N–H and O–H groups in total. The van der Waals surface area contributed by atoms with E-state index < -0.39 is 34.9 Å². The van der Waals surface area contributed by atoms with Gasteiger partial charge in [-0.2, -0.15) is 5.48 Å². The molecule has 2 aromatic rings. The van der Waals surface area contributed by atoms with Gasteiger partial charge in [0.25, 0.3) is 0 Å². The molecular weight excluding hydrogens is 636 g/mol. The largest absolute Gasteiger partial charge is 0.508 e. The van der Waals surface area contributed by atoms with Crippen LogP contribution in [0, 0.1) is 24.4 Å². The quantitative estimate of drug-likeness (QED) is 0.131. The molecule has 13 nitrogen and oxygen atoms in total. The zero-order chi connectivity index (χ0) is 34.9. The number of carboxylic acid groups (broad SMARTS) is 2. The van der Waals surface area contributed by atoms with E-state index in [-0.39, 0.29) is 43.8 Å². The normalized spacial score (nSPS) is 30.0. The number of carboxylic acids is 2. The second-order valence-corrected chi connectivity index (χ2v) is 12.7. The van der Waals surface area contributed by atoms with Crippen LogP contribution in [0.1, 0.15) is 44.9 Å². The van der Waals surface area contributed by atoms with Crippen LogP contribution in [0.2, 0.25) is 0 Å². The third-order valence-corrected chi connectivity index (χ3v) is 9.96. The Hall–Kier alpha value is -4.35. The fourth-order valence-corrected chi connectivity index (χ4v) is 7.36. The van der Waals surface area contributed by atoms with Gasteiger partial charge in [0.2, 0.25) is 5.91 Å². The first kappa shape index (κ1) is 35.9. The van der Waals surface area contributed by atoms with Crippen LogP contribution < -0.4 is 10.2 Å². The molecule has 0 radical (unpaired) electrons. The molecule has 0 aromatic heterocycles. The molecule has 2 aromatic carbocycles. The summed E-state index contributed by atoms with van der Waals surface area (Å²) in [6.45, 7) is 1.58. The van der Waals surface area contributed by atoms with Crippen molar-refractivity contribution < 1.29 is 53.5 Å². The Kier molecular flexibility index (Phi) is 12.0. The van der Waals surface area contributed by atoms with Gasteiger partial charge in [0.05, 0.1) is 36.7 Å². The number of ether oxygens (including phenoxy) is 4. The number of aliphatic carboxylic acids is 2. The van der Waals surface area contributed by atoms with Crippen LogP contribution in [-0.2, 0) is 33.4 Å². The summed E-state index contributed by atoms with van der Waals surface area (Å²) in [5.74, 6) is -2.59. The van der Waals surface area contributed by atoms with Gasteiger partial charge in [0.15, 0.2) is 0 Å². The predicted octanol–water partition coefficient (Wildman–Crippen LogP) is 3.22. The Labute approximate surface area is 285 Å². The molecule has 49 heavy (non-hydrogen) atoms. The van der Waals surface area contributed by atoms with Gasteiger partial charge in [-0.05, 0) is 56.4 Å². The first-order valence-electron chi connectivity index (χ1n) is 16.6. The number of phenols is 1. The predicted molar refractivity (Wildman–Crippen MR) is 174 cm³/mol. The summed E-state index contributed by atoms with van der Waals surface area (Å²) in [7, 11) is 0. The monoisotopic (exact) mass is 680 g/mol. The number of phenolic OH excluding ortho intramolecular Hbond substituents is 1. The highest BCUT2D eigenvalue weighted by molar-refractivity contribution is 6.06. The molecule has 2 heterocycles. The van der Waals surface area contributed by atoms with Crippen molar-refractivity contribution in [2.45, 2.75) is 74.3 Å². The van der Waals surface area contributed by atoms with Crippen molar-refractivity contribution in [3.05, 3.63) is 60.7 Å². The van der Waals surface area contributed by atoms with Crippen LogP contribution in [-0.4, -0.2) is 100 Å². The number of nitrogens with one attached hydrogen (secondary N) is 1. The third kappa shape index (κ3) is 8.28. The van der Waals surface area contributed by atoms with Gasteiger partial charge in [-0.1, -0.05) is 42.8 Å². The van der Waals surface area contributed by atoms with Gasteiger partial charge in [-0.3, -0.25) is 19.2 Å². The smallest absolute Gasteiger partial charge is 0.309 e. The summed E-state index contributed by atoms with van der Waals surface area (Å²) in [6.07, 6.45) is 9.63. The number of hydrogen-bond acceptors (Lipinski definition) is 10. The van der Waals surface area contributed by atoms with Crippen molar-refractivity contribution in [1.29, 1.82) is 0 Å². The van der Waals surface area contributed by atoms with Gasteiger partial charge in [0, 0.05) is 26.0 Å². The SMILES string of the molecule is C#COC1CCC2(C(=O)N2CCOCCC2ONC23CCC(OCCOc2ccccc2)CC3C(=O)O)C(C(=O)O)C1.Oc1ccccc1. The Balaban J connectivity index is 0.000000595. The van der Waals surface area contributed by atoms with E-state index in [4.69, 9.17) is 35.3 Å². The van der Waals surface area contributed by atoms with Gasteiger partial charge in [-0.25, -0.2) is 0 Å². The van der Waals surface area contributed by atoms with E-state index in [0.29, 0.717) is 64.1 Å². The van der Waals surface area contributed by atoms with Crippen molar-refractivity contribution >= 4 is 17.8 Å². The van der Waals surface area contributed by atoms with Crippen LogP contribution in [0.15, 0.2) is 60.7 Å². The van der Waals surface area contributed by atoms with E-state index in [1.54, 1.807) is 29.2 Å². The lowest BCUT2D eigenvalue weighted by Crippen LogP contribution is -2.74. The highest BCUT2D eigenvalue weighted by Crippen LogP contribution is 2.50. The molecule has 264 valence electrons. The molecular formula is C36H44N2O11. The summed E-state index contributed by atoms with van der Waals surface area (Å²) >= 11 is 0. The number of carbonyl (C=O) groups excluding carboxylic acids is 1. The summed E-state index contributed by atoms with van der Waals surface area (Å²) in [4.78, 5) is 44.0. The maximum atomic E-state index is 12.7. The summed E-state index contributed by atoms with van der Waals surface area (Å²) < 4.78 is 22.6. The van der Waals surface area contributed by atoms with Gasteiger partial charge in [-0.15, -0.1) is 0 Å². The second-order valence-electron chi connectivity index (χ2n) is 12.7. The molecule has 1 amide bonds. The molecule has 2 aliphatic carbocycles. The number of carbonyl (C=O) groups is 3. The molecule has 4 fully saturated rings. The fraction of sp³-hybridized carbons (Fsp3) is 0.528. The van der Waals surface area contributed by atoms with E-state index in [9.17, 15) is 24.6 Å². The maximum Gasteiger partial charge on any atom is 0.309 e. The maximum absolute atomic E-state index is 12.7. The zero-order valence-corrected chi connectivity index (χ0v) is 27.3.